The second-order valence-electron chi connectivity index (χ2n) is 6.67. The number of hydrogen-bond acceptors (Lipinski definition) is 4. The standard InChI is InChI=1S/C21H16F3N5O/c1-13-16(10-15-3-2-6-26-19(15)28-13)20(30)27-11-14-4-5-18(29-8-7-25-12-29)17(9-14)21(22,23)24/h2-10,12H,11H2,1H3,(H,27,30). The van der Waals surface area contributed by atoms with Crippen LogP contribution in [-0.4, -0.2) is 25.4 Å². The van der Waals surface area contributed by atoms with Crippen LogP contribution in [0.5, 0.6) is 0 Å². The highest BCUT2D eigenvalue weighted by Crippen LogP contribution is 2.34. The lowest BCUT2D eigenvalue weighted by Crippen LogP contribution is -2.24. The van der Waals surface area contributed by atoms with Gasteiger partial charge >= 0.3 is 6.18 Å². The van der Waals surface area contributed by atoms with E-state index in [0.29, 0.717) is 27.9 Å². The van der Waals surface area contributed by atoms with Gasteiger partial charge in [-0.15, -0.1) is 0 Å². The van der Waals surface area contributed by atoms with Gasteiger partial charge in [-0.05, 0) is 42.8 Å². The molecule has 152 valence electrons. The molecular weight excluding hydrogens is 395 g/mol. The van der Waals surface area contributed by atoms with E-state index >= 15 is 0 Å². The molecule has 0 fully saturated rings. The predicted molar refractivity (Wildman–Crippen MR) is 104 cm³/mol. The van der Waals surface area contributed by atoms with Crippen molar-refractivity contribution in [1.82, 2.24) is 24.8 Å². The Labute approximate surface area is 169 Å². The smallest absolute Gasteiger partial charge is 0.348 e. The number of halogens is 3. The molecule has 4 aromatic rings. The van der Waals surface area contributed by atoms with Crippen LogP contribution < -0.4 is 5.32 Å². The van der Waals surface area contributed by atoms with E-state index in [2.05, 4.69) is 20.3 Å². The Morgan fingerprint density at radius 1 is 1.17 bits per heavy atom. The van der Waals surface area contributed by atoms with Crippen molar-refractivity contribution < 1.29 is 18.0 Å². The van der Waals surface area contributed by atoms with Crippen molar-refractivity contribution >= 4 is 16.9 Å². The monoisotopic (exact) mass is 411 g/mol. The number of amides is 1. The van der Waals surface area contributed by atoms with Gasteiger partial charge in [0.1, 0.15) is 0 Å². The van der Waals surface area contributed by atoms with E-state index in [0.717, 1.165) is 6.07 Å². The van der Waals surface area contributed by atoms with Gasteiger partial charge in [0.2, 0.25) is 0 Å². The van der Waals surface area contributed by atoms with Crippen LogP contribution in [0.1, 0.15) is 27.2 Å². The fraction of sp³-hybridized carbons (Fsp3) is 0.143. The van der Waals surface area contributed by atoms with Gasteiger partial charge in [0, 0.05) is 30.5 Å². The molecule has 0 saturated heterocycles. The number of fused-ring (bicyclic) bond motifs is 1. The first kappa shape index (κ1) is 19.6. The number of carbonyl (C=O) groups excluding carboxylic acids is 1. The summed E-state index contributed by atoms with van der Waals surface area (Å²) < 4.78 is 41.9. The molecule has 0 atom stereocenters. The number of benzene rings is 1. The van der Waals surface area contributed by atoms with Crippen LogP contribution in [0.25, 0.3) is 16.7 Å². The van der Waals surface area contributed by atoms with Gasteiger partial charge < -0.3 is 9.88 Å². The van der Waals surface area contributed by atoms with E-state index in [4.69, 9.17) is 0 Å². The third-order valence-corrected chi connectivity index (χ3v) is 4.63. The number of rotatable bonds is 4. The molecule has 0 spiro atoms. The highest BCUT2D eigenvalue weighted by atomic mass is 19.4. The van der Waals surface area contributed by atoms with Gasteiger partial charge in [0.05, 0.1) is 28.8 Å². The van der Waals surface area contributed by atoms with Gasteiger partial charge in [-0.25, -0.2) is 15.0 Å². The molecular formula is C21H16F3N5O. The summed E-state index contributed by atoms with van der Waals surface area (Å²) in [7, 11) is 0. The number of imidazole rings is 1. The Bertz CT molecular complexity index is 1220. The van der Waals surface area contributed by atoms with E-state index in [-0.39, 0.29) is 12.2 Å². The molecule has 0 aliphatic heterocycles. The first-order valence-electron chi connectivity index (χ1n) is 9.02. The number of alkyl halides is 3. The third-order valence-electron chi connectivity index (χ3n) is 4.63. The minimum Gasteiger partial charge on any atom is -0.348 e. The number of nitrogens with zero attached hydrogens (tertiary/aromatic N) is 4. The molecule has 3 heterocycles. The molecule has 0 bridgehead atoms. The first-order valence-corrected chi connectivity index (χ1v) is 9.02. The summed E-state index contributed by atoms with van der Waals surface area (Å²) >= 11 is 0. The predicted octanol–water partition coefficient (Wildman–Crippen LogP) is 4.07. The zero-order valence-electron chi connectivity index (χ0n) is 15.8. The third kappa shape index (κ3) is 3.86. The molecule has 0 unspecified atom stereocenters. The van der Waals surface area contributed by atoms with Gasteiger partial charge in [-0.3, -0.25) is 4.79 Å². The second-order valence-corrected chi connectivity index (χ2v) is 6.67. The molecule has 4 rings (SSSR count). The molecule has 3 aromatic heterocycles. The van der Waals surface area contributed by atoms with Crippen molar-refractivity contribution in [3.05, 3.63) is 83.7 Å². The molecule has 0 aliphatic rings. The van der Waals surface area contributed by atoms with Crippen molar-refractivity contribution in [3.8, 4) is 5.69 Å². The fourth-order valence-corrected chi connectivity index (χ4v) is 3.15. The average molecular weight is 411 g/mol. The Morgan fingerprint density at radius 2 is 2.00 bits per heavy atom. The summed E-state index contributed by atoms with van der Waals surface area (Å²) in [5, 5.41) is 3.37. The summed E-state index contributed by atoms with van der Waals surface area (Å²) in [6.45, 7) is 1.63. The molecule has 1 aromatic carbocycles. The normalized spacial score (nSPS) is 11.6. The van der Waals surface area contributed by atoms with E-state index in [1.54, 1.807) is 37.4 Å². The molecule has 30 heavy (non-hydrogen) atoms. The molecule has 6 nitrogen and oxygen atoms in total. The highest BCUT2D eigenvalue weighted by molar-refractivity contribution is 5.98. The quantitative estimate of drug-likeness (QED) is 0.549. The Hall–Kier alpha value is -3.75. The number of aromatic nitrogens is 4. The summed E-state index contributed by atoms with van der Waals surface area (Å²) in [4.78, 5) is 24.9. The SMILES string of the molecule is Cc1nc2ncccc2cc1C(=O)NCc1ccc(-n2ccnc2)c(C(F)(F)F)c1. The van der Waals surface area contributed by atoms with Gasteiger partial charge in [0.15, 0.2) is 5.65 Å². The van der Waals surface area contributed by atoms with Crippen molar-refractivity contribution in [3.63, 3.8) is 0 Å². The fourth-order valence-electron chi connectivity index (χ4n) is 3.15. The minimum absolute atomic E-state index is 0.0304. The van der Waals surface area contributed by atoms with Crippen LogP contribution in [0.2, 0.25) is 0 Å². The number of aryl methyl sites for hydroxylation is 1. The minimum atomic E-state index is -4.55. The summed E-state index contributed by atoms with van der Waals surface area (Å²) in [5.41, 5.74) is 0.856. The van der Waals surface area contributed by atoms with Crippen molar-refractivity contribution in [2.45, 2.75) is 19.6 Å². The van der Waals surface area contributed by atoms with Crippen LogP contribution in [0.4, 0.5) is 13.2 Å². The maximum atomic E-state index is 13.6. The molecule has 0 saturated carbocycles. The van der Waals surface area contributed by atoms with E-state index in [1.165, 1.54) is 29.4 Å². The molecule has 1 amide bonds. The van der Waals surface area contributed by atoms with Crippen molar-refractivity contribution in [2.24, 2.45) is 0 Å². The lowest BCUT2D eigenvalue weighted by molar-refractivity contribution is -0.137. The Kier molecular flexibility index (Phi) is 4.94. The summed E-state index contributed by atoms with van der Waals surface area (Å²) in [6.07, 6.45) is 1.21. The van der Waals surface area contributed by atoms with E-state index < -0.39 is 17.6 Å². The molecule has 9 heteroatoms. The van der Waals surface area contributed by atoms with Gasteiger partial charge in [-0.2, -0.15) is 13.2 Å². The topological polar surface area (TPSA) is 72.7 Å². The summed E-state index contributed by atoms with van der Waals surface area (Å²) in [6, 6.07) is 9.13. The zero-order chi connectivity index (χ0) is 21.3. The lowest BCUT2D eigenvalue weighted by Gasteiger charge is -2.15. The number of nitrogens with one attached hydrogen (secondary N) is 1. The Morgan fingerprint density at radius 3 is 2.73 bits per heavy atom. The van der Waals surface area contributed by atoms with Crippen LogP contribution in [0.15, 0.2) is 61.3 Å². The van der Waals surface area contributed by atoms with E-state index in [9.17, 15) is 18.0 Å². The van der Waals surface area contributed by atoms with Crippen molar-refractivity contribution in [2.75, 3.05) is 0 Å². The van der Waals surface area contributed by atoms with Crippen LogP contribution in [0, 0.1) is 6.92 Å². The lowest BCUT2D eigenvalue weighted by atomic mass is 10.1. The Balaban J connectivity index is 1.58. The maximum absolute atomic E-state index is 13.6. The number of hydrogen-bond donors (Lipinski definition) is 1. The molecule has 1 N–H and O–H groups in total. The van der Waals surface area contributed by atoms with Crippen LogP contribution in [0.3, 0.4) is 0 Å². The van der Waals surface area contributed by atoms with Crippen LogP contribution in [-0.2, 0) is 12.7 Å². The zero-order valence-corrected chi connectivity index (χ0v) is 15.8. The van der Waals surface area contributed by atoms with Crippen molar-refractivity contribution in [1.29, 1.82) is 0 Å². The summed E-state index contributed by atoms with van der Waals surface area (Å²) in [5.74, 6) is -0.419. The molecule has 0 aliphatic carbocycles. The average Bonchev–Trinajstić information content (AvgIpc) is 3.25. The van der Waals surface area contributed by atoms with E-state index in [1.807, 2.05) is 0 Å². The highest BCUT2D eigenvalue weighted by Gasteiger charge is 2.34. The van der Waals surface area contributed by atoms with Crippen LogP contribution >= 0.6 is 0 Å². The number of carbonyl (C=O) groups is 1. The second kappa shape index (κ2) is 7.58. The van der Waals surface area contributed by atoms with Gasteiger partial charge in [-0.1, -0.05) is 6.07 Å². The first-order chi connectivity index (χ1) is 14.3. The van der Waals surface area contributed by atoms with Gasteiger partial charge in [0.25, 0.3) is 5.91 Å². The maximum Gasteiger partial charge on any atom is 0.418 e. The largest absolute Gasteiger partial charge is 0.418 e. The molecule has 0 radical (unpaired) electrons. The number of pyridine rings is 2.